The second kappa shape index (κ2) is 6.71. The Morgan fingerprint density at radius 3 is 2.79 bits per heavy atom. The molecule has 1 aliphatic rings. The van der Waals surface area contributed by atoms with Crippen LogP contribution in [-0.4, -0.2) is 30.5 Å². The SMILES string of the molecule is CCC(NCC1(O)CCOCC1)c1cccc(Cl)c1. The summed E-state index contributed by atoms with van der Waals surface area (Å²) in [6.45, 7) is 4.02. The fourth-order valence-corrected chi connectivity index (χ4v) is 2.66. The predicted molar refractivity (Wildman–Crippen MR) is 77.5 cm³/mol. The lowest BCUT2D eigenvalue weighted by Crippen LogP contribution is -2.45. The first-order valence-electron chi connectivity index (χ1n) is 6.92. The van der Waals surface area contributed by atoms with E-state index in [-0.39, 0.29) is 6.04 Å². The number of halogens is 1. The smallest absolute Gasteiger partial charge is 0.0815 e. The van der Waals surface area contributed by atoms with Gasteiger partial charge < -0.3 is 15.2 Å². The fraction of sp³-hybridized carbons (Fsp3) is 0.600. The summed E-state index contributed by atoms with van der Waals surface area (Å²) in [7, 11) is 0. The second-order valence-electron chi connectivity index (χ2n) is 5.23. The highest BCUT2D eigenvalue weighted by molar-refractivity contribution is 6.30. The van der Waals surface area contributed by atoms with Crippen molar-refractivity contribution in [1.29, 1.82) is 0 Å². The van der Waals surface area contributed by atoms with Crippen LogP contribution in [0.5, 0.6) is 0 Å². The zero-order valence-corrected chi connectivity index (χ0v) is 12.1. The molecule has 2 N–H and O–H groups in total. The van der Waals surface area contributed by atoms with Gasteiger partial charge in [-0.3, -0.25) is 0 Å². The van der Waals surface area contributed by atoms with Crippen molar-refractivity contribution in [3.63, 3.8) is 0 Å². The Morgan fingerprint density at radius 2 is 2.16 bits per heavy atom. The molecule has 0 amide bonds. The zero-order valence-electron chi connectivity index (χ0n) is 11.4. The summed E-state index contributed by atoms with van der Waals surface area (Å²) in [4.78, 5) is 0. The molecule has 1 atom stereocenters. The average Bonchev–Trinajstić information content (AvgIpc) is 2.40. The van der Waals surface area contributed by atoms with E-state index in [0.29, 0.717) is 32.6 Å². The summed E-state index contributed by atoms with van der Waals surface area (Å²) >= 11 is 6.03. The van der Waals surface area contributed by atoms with E-state index in [9.17, 15) is 5.11 Å². The Kier molecular flexibility index (Phi) is 5.22. The van der Waals surface area contributed by atoms with E-state index in [1.807, 2.05) is 18.2 Å². The summed E-state index contributed by atoms with van der Waals surface area (Å²) in [6, 6.07) is 8.12. The first-order chi connectivity index (χ1) is 9.13. The summed E-state index contributed by atoms with van der Waals surface area (Å²) in [5.41, 5.74) is 0.537. The number of ether oxygens (including phenoxy) is 1. The molecule has 0 bridgehead atoms. The molecule has 1 fully saturated rings. The monoisotopic (exact) mass is 283 g/mol. The molecular weight excluding hydrogens is 262 g/mol. The van der Waals surface area contributed by atoms with E-state index in [1.165, 1.54) is 5.56 Å². The number of rotatable bonds is 5. The highest BCUT2D eigenvalue weighted by atomic mass is 35.5. The molecule has 2 rings (SSSR count). The van der Waals surface area contributed by atoms with Crippen LogP contribution in [0.25, 0.3) is 0 Å². The molecule has 4 heteroatoms. The van der Waals surface area contributed by atoms with Crippen molar-refractivity contribution < 1.29 is 9.84 Å². The largest absolute Gasteiger partial charge is 0.388 e. The molecule has 19 heavy (non-hydrogen) atoms. The van der Waals surface area contributed by atoms with Gasteiger partial charge in [0.1, 0.15) is 0 Å². The van der Waals surface area contributed by atoms with Gasteiger partial charge in [0, 0.05) is 43.7 Å². The number of benzene rings is 1. The van der Waals surface area contributed by atoms with Crippen molar-refractivity contribution in [3.8, 4) is 0 Å². The number of hydrogen-bond donors (Lipinski definition) is 2. The van der Waals surface area contributed by atoms with Crippen molar-refractivity contribution in [1.82, 2.24) is 5.32 Å². The number of aliphatic hydroxyl groups is 1. The third-order valence-corrected chi connectivity index (χ3v) is 4.00. The highest BCUT2D eigenvalue weighted by Crippen LogP contribution is 2.24. The lowest BCUT2D eigenvalue weighted by atomic mass is 9.93. The minimum absolute atomic E-state index is 0.227. The maximum atomic E-state index is 10.4. The molecule has 1 aromatic rings. The van der Waals surface area contributed by atoms with Crippen molar-refractivity contribution in [2.24, 2.45) is 0 Å². The molecule has 1 heterocycles. The third kappa shape index (κ3) is 4.18. The Morgan fingerprint density at radius 1 is 1.42 bits per heavy atom. The maximum Gasteiger partial charge on any atom is 0.0815 e. The van der Waals surface area contributed by atoms with E-state index in [4.69, 9.17) is 16.3 Å². The lowest BCUT2D eigenvalue weighted by molar-refractivity contribution is -0.0628. The molecule has 0 aliphatic carbocycles. The van der Waals surface area contributed by atoms with Crippen molar-refractivity contribution in [2.75, 3.05) is 19.8 Å². The van der Waals surface area contributed by atoms with Crippen LogP contribution in [0.3, 0.4) is 0 Å². The van der Waals surface area contributed by atoms with Gasteiger partial charge in [0.25, 0.3) is 0 Å². The van der Waals surface area contributed by atoms with Gasteiger partial charge >= 0.3 is 0 Å². The minimum atomic E-state index is -0.635. The van der Waals surface area contributed by atoms with Crippen molar-refractivity contribution >= 4 is 11.6 Å². The molecule has 1 aliphatic heterocycles. The first kappa shape index (κ1) is 14.8. The normalized spacial score (nSPS) is 20.2. The van der Waals surface area contributed by atoms with Crippen LogP contribution in [-0.2, 0) is 4.74 Å². The quantitative estimate of drug-likeness (QED) is 0.873. The Hall–Kier alpha value is -0.610. The van der Waals surface area contributed by atoms with Gasteiger partial charge in [-0.05, 0) is 24.1 Å². The number of hydrogen-bond acceptors (Lipinski definition) is 3. The first-order valence-corrected chi connectivity index (χ1v) is 7.30. The van der Waals surface area contributed by atoms with Gasteiger partial charge in [0.05, 0.1) is 5.60 Å². The molecule has 0 radical (unpaired) electrons. The van der Waals surface area contributed by atoms with E-state index >= 15 is 0 Å². The van der Waals surface area contributed by atoms with Crippen LogP contribution in [0.4, 0.5) is 0 Å². The van der Waals surface area contributed by atoms with Gasteiger partial charge in [-0.1, -0.05) is 30.7 Å². The molecule has 106 valence electrons. The van der Waals surface area contributed by atoms with Gasteiger partial charge in [-0.15, -0.1) is 0 Å². The minimum Gasteiger partial charge on any atom is -0.388 e. The molecule has 1 unspecified atom stereocenters. The van der Waals surface area contributed by atoms with Crippen molar-refractivity contribution in [3.05, 3.63) is 34.9 Å². The van der Waals surface area contributed by atoms with Crippen LogP contribution >= 0.6 is 11.6 Å². The van der Waals surface area contributed by atoms with Crippen LogP contribution in [0.1, 0.15) is 37.8 Å². The summed E-state index contributed by atoms with van der Waals surface area (Å²) < 4.78 is 5.29. The molecule has 3 nitrogen and oxygen atoms in total. The van der Waals surface area contributed by atoms with Crippen LogP contribution in [0.2, 0.25) is 5.02 Å². The van der Waals surface area contributed by atoms with E-state index in [2.05, 4.69) is 18.3 Å². The molecule has 1 aromatic carbocycles. The molecule has 0 spiro atoms. The topological polar surface area (TPSA) is 41.5 Å². The standard InChI is InChI=1S/C15H22ClNO2/c1-2-14(12-4-3-5-13(16)10-12)17-11-15(18)6-8-19-9-7-15/h3-5,10,14,17-18H,2,6-9,11H2,1H3. The molecule has 0 saturated carbocycles. The molecule has 1 saturated heterocycles. The van der Waals surface area contributed by atoms with Crippen LogP contribution in [0, 0.1) is 0 Å². The highest BCUT2D eigenvalue weighted by Gasteiger charge is 2.30. The van der Waals surface area contributed by atoms with Gasteiger partial charge in [-0.25, -0.2) is 0 Å². The number of nitrogens with one attached hydrogen (secondary N) is 1. The van der Waals surface area contributed by atoms with Crippen LogP contribution in [0.15, 0.2) is 24.3 Å². The maximum absolute atomic E-state index is 10.4. The van der Waals surface area contributed by atoms with E-state index in [0.717, 1.165) is 11.4 Å². The third-order valence-electron chi connectivity index (χ3n) is 3.76. The molecule has 0 aromatic heterocycles. The van der Waals surface area contributed by atoms with Gasteiger partial charge in [0.15, 0.2) is 0 Å². The Labute approximate surface area is 119 Å². The van der Waals surface area contributed by atoms with Crippen molar-refractivity contribution in [2.45, 2.75) is 37.8 Å². The Balaban J connectivity index is 1.95. The van der Waals surface area contributed by atoms with E-state index < -0.39 is 5.60 Å². The Bertz CT molecular complexity index is 405. The van der Waals surface area contributed by atoms with Gasteiger partial charge in [0.2, 0.25) is 0 Å². The summed E-state index contributed by atoms with van der Waals surface area (Å²) in [5, 5.41) is 14.7. The average molecular weight is 284 g/mol. The summed E-state index contributed by atoms with van der Waals surface area (Å²) in [5.74, 6) is 0. The summed E-state index contributed by atoms with van der Waals surface area (Å²) in [6.07, 6.45) is 2.37. The second-order valence-corrected chi connectivity index (χ2v) is 5.67. The predicted octanol–water partition coefficient (Wildman–Crippen LogP) is 2.92. The zero-order chi connectivity index (χ0) is 13.7. The fourth-order valence-electron chi connectivity index (χ4n) is 2.46. The van der Waals surface area contributed by atoms with Gasteiger partial charge in [-0.2, -0.15) is 0 Å². The van der Waals surface area contributed by atoms with Crippen LogP contribution < -0.4 is 5.32 Å². The lowest BCUT2D eigenvalue weighted by Gasteiger charge is -2.33. The van der Waals surface area contributed by atoms with E-state index in [1.54, 1.807) is 0 Å². The molecular formula is C15H22ClNO2.